The van der Waals surface area contributed by atoms with E-state index in [1.54, 1.807) is 0 Å². The van der Waals surface area contributed by atoms with E-state index >= 15 is 0 Å². The van der Waals surface area contributed by atoms with Crippen LogP contribution in [0.25, 0.3) is 5.65 Å². The SMILES string of the molecule is CCOc1cc2nc(CC)cn2cc1N. The number of nitrogens with zero attached hydrogens (tertiary/aromatic N) is 2. The van der Waals surface area contributed by atoms with Crippen LogP contribution in [0.1, 0.15) is 19.5 Å². The van der Waals surface area contributed by atoms with Crippen molar-refractivity contribution in [3.05, 3.63) is 24.2 Å². The quantitative estimate of drug-likeness (QED) is 0.832. The Bertz CT molecular complexity index is 476. The molecular formula is C11H15N3O. The Morgan fingerprint density at radius 1 is 1.40 bits per heavy atom. The Labute approximate surface area is 88.7 Å². The standard InChI is InChI=1S/C11H15N3O/c1-3-8-6-14-7-9(12)10(15-4-2)5-11(14)13-8/h5-7H,3-4,12H2,1-2H3. The van der Waals surface area contributed by atoms with Crippen molar-refractivity contribution in [1.29, 1.82) is 0 Å². The maximum Gasteiger partial charge on any atom is 0.147 e. The summed E-state index contributed by atoms with van der Waals surface area (Å²) in [6, 6.07) is 1.87. The van der Waals surface area contributed by atoms with Crippen LogP contribution in [0.2, 0.25) is 0 Å². The maximum atomic E-state index is 5.85. The number of hydrogen-bond donors (Lipinski definition) is 1. The second-order valence-electron chi connectivity index (χ2n) is 3.38. The molecule has 2 heterocycles. The highest BCUT2D eigenvalue weighted by molar-refractivity contribution is 5.59. The molecular weight excluding hydrogens is 190 g/mol. The van der Waals surface area contributed by atoms with Gasteiger partial charge in [-0.1, -0.05) is 6.92 Å². The normalized spacial score (nSPS) is 10.8. The molecule has 0 aliphatic carbocycles. The largest absolute Gasteiger partial charge is 0.492 e. The van der Waals surface area contributed by atoms with E-state index in [9.17, 15) is 0 Å². The Morgan fingerprint density at radius 3 is 2.87 bits per heavy atom. The molecule has 0 saturated carbocycles. The number of fused-ring (bicyclic) bond motifs is 1. The van der Waals surface area contributed by atoms with Gasteiger partial charge in [-0.25, -0.2) is 4.98 Å². The van der Waals surface area contributed by atoms with Gasteiger partial charge >= 0.3 is 0 Å². The summed E-state index contributed by atoms with van der Waals surface area (Å²) in [6.07, 6.45) is 4.75. The molecule has 2 aromatic rings. The summed E-state index contributed by atoms with van der Waals surface area (Å²) in [5.41, 5.74) is 8.43. The van der Waals surface area contributed by atoms with Crippen molar-refractivity contribution < 1.29 is 4.74 Å². The monoisotopic (exact) mass is 205 g/mol. The second kappa shape index (κ2) is 3.81. The molecule has 0 atom stereocenters. The van der Waals surface area contributed by atoms with E-state index in [-0.39, 0.29) is 0 Å². The van der Waals surface area contributed by atoms with Crippen molar-refractivity contribution in [2.75, 3.05) is 12.3 Å². The van der Waals surface area contributed by atoms with Gasteiger partial charge in [0.05, 0.1) is 18.0 Å². The molecule has 0 bridgehead atoms. The molecule has 0 spiro atoms. The minimum Gasteiger partial charge on any atom is -0.492 e. The smallest absolute Gasteiger partial charge is 0.147 e. The first kappa shape index (κ1) is 9.83. The average Bonchev–Trinajstić information content (AvgIpc) is 2.61. The molecule has 0 aliphatic rings. The highest BCUT2D eigenvalue weighted by atomic mass is 16.5. The number of pyridine rings is 1. The fourth-order valence-corrected chi connectivity index (χ4v) is 1.54. The summed E-state index contributed by atoms with van der Waals surface area (Å²) in [5.74, 6) is 0.707. The summed E-state index contributed by atoms with van der Waals surface area (Å²) in [7, 11) is 0. The molecule has 0 aromatic carbocycles. The molecule has 0 fully saturated rings. The van der Waals surface area contributed by atoms with E-state index in [4.69, 9.17) is 10.5 Å². The van der Waals surface area contributed by atoms with E-state index < -0.39 is 0 Å². The van der Waals surface area contributed by atoms with Crippen LogP contribution in [-0.4, -0.2) is 16.0 Å². The minimum absolute atomic E-state index is 0.613. The van der Waals surface area contributed by atoms with Gasteiger partial charge in [-0.05, 0) is 13.3 Å². The zero-order chi connectivity index (χ0) is 10.8. The summed E-state index contributed by atoms with van der Waals surface area (Å²) in [6.45, 7) is 4.63. The lowest BCUT2D eigenvalue weighted by Gasteiger charge is -2.06. The Kier molecular flexibility index (Phi) is 2.49. The Hall–Kier alpha value is -1.71. The van der Waals surface area contributed by atoms with Crippen LogP contribution >= 0.6 is 0 Å². The highest BCUT2D eigenvalue weighted by Gasteiger charge is 2.05. The van der Waals surface area contributed by atoms with Crippen LogP contribution in [-0.2, 0) is 6.42 Å². The second-order valence-corrected chi connectivity index (χ2v) is 3.38. The van der Waals surface area contributed by atoms with Crippen LogP contribution in [0.4, 0.5) is 5.69 Å². The molecule has 0 radical (unpaired) electrons. The number of nitrogens with two attached hydrogens (primary N) is 1. The number of nitrogen functional groups attached to an aromatic ring is 1. The molecule has 80 valence electrons. The van der Waals surface area contributed by atoms with Crippen molar-refractivity contribution in [1.82, 2.24) is 9.38 Å². The number of imidazole rings is 1. The molecule has 2 rings (SSSR count). The predicted octanol–water partition coefficient (Wildman–Crippen LogP) is 1.88. The van der Waals surface area contributed by atoms with Gasteiger partial charge in [-0.2, -0.15) is 0 Å². The fourth-order valence-electron chi connectivity index (χ4n) is 1.54. The highest BCUT2D eigenvalue weighted by Crippen LogP contribution is 2.23. The third-order valence-corrected chi connectivity index (χ3v) is 2.30. The average molecular weight is 205 g/mol. The zero-order valence-electron chi connectivity index (χ0n) is 9.03. The summed E-state index contributed by atoms with van der Waals surface area (Å²) in [4.78, 5) is 4.44. The molecule has 2 aromatic heterocycles. The summed E-state index contributed by atoms with van der Waals surface area (Å²) >= 11 is 0. The van der Waals surface area contributed by atoms with E-state index in [0.717, 1.165) is 17.8 Å². The minimum atomic E-state index is 0.613. The van der Waals surface area contributed by atoms with Gasteiger partial charge < -0.3 is 14.9 Å². The summed E-state index contributed by atoms with van der Waals surface area (Å²) in [5, 5.41) is 0. The number of hydrogen-bond acceptors (Lipinski definition) is 3. The van der Waals surface area contributed by atoms with Crippen molar-refractivity contribution in [2.45, 2.75) is 20.3 Å². The topological polar surface area (TPSA) is 52.5 Å². The number of ether oxygens (including phenoxy) is 1. The van der Waals surface area contributed by atoms with Gasteiger partial charge in [-0.3, -0.25) is 0 Å². The molecule has 0 saturated heterocycles. The molecule has 0 unspecified atom stereocenters. The van der Waals surface area contributed by atoms with Crippen LogP contribution in [0.3, 0.4) is 0 Å². The van der Waals surface area contributed by atoms with Crippen molar-refractivity contribution in [3.8, 4) is 5.75 Å². The van der Waals surface area contributed by atoms with E-state index in [0.29, 0.717) is 18.0 Å². The van der Waals surface area contributed by atoms with Crippen molar-refractivity contribution in [2.24, 2.45) is 0 Å². The number of aryl methyl sites for hydroxylation is 1. The van der Waals surface area contributed by atoms with Crippen molar-refractivity contribution in [3.63, 3.8) is 0 Å². The lowest BCUT2D eigenvalue weighted by Crippen LogP contribution is -1.98. The van der Waals surface area contributed by atoms with Gasteiger partial charge in [0.1, 0.15) is 11.4 Å². The predicted molar refractivity (Wildman–Crippen MR) is 60.2 cm³/mol. The van der Waals surface area contributed by atoms with Gasteiger partial charge in [0.2, 0.25) is 0 Å². The Morgan fingerprint density at radius 2 is 2.20 bits per heavy atom. The van der Waals surface area contributed by atoms with Crippen LogP contribution in [0.5, 0.6) is 5.75 Å². The molecule has 4 nitrogen and oxygen atoms in total. The lowest BCUT2D eigenvalue weighted by atomic mass is 10.4. The van der Waals surface area contributed by atoms with E-state index in [2.05, 4.69) is 11.9 Å². The van der Waals surface area contributed by atoms with Crippen LogP contribution in [0.15, 0.2) is 18.5 Å². The van der Waals surface area contributed by atoms with Gasteiger partial charge in [0, 0.05) is 18.5 Å². The van der Waals surface area contributed by atoms with E-state index in [1.807, 2.05) is 29.8 Å². The lowest BCUT2D eigenvalue weighted by molar-refractivity contribution is 0.342. The van der Waals surface area contributed by atoms with E-state index in [1.165, 1.54) is 0 Å². The molecule has 15 heavy (non-hydrogen) atoms. The molecule has 4 heteroatoms. The van der Waals surface area contributed by atoms with Gasteiger partial charge in [0.25, 0.3) is 0 Å². The number of rotatable bonds is 3. The first-order valence-electron chi connectivity index (χ1n) is 5.14. The van der Waals surface area contributed by atoms with Crippen molar-refractivity contribution >= 4 is 11.3 Å². The van der Waals surface area contributed by atoms with Gasteiger partial charge in [0.15, 0.2) is 0 Å². The molecule has 0 aliphatic heterocycles. The third-order valence-electron chi connectivity index (χ3n) is 2.30. The Balaban J connectivity index is 2.52. The first-order chi connectivity index (χ1) is 7.24. The van der Waals surface area contributed by atoms with Gasteiger partial charge in [-0.15, -0.1) is 0 Å². The first-order valence-corrected chi connectivity index (χ1v) is 5.14. The maximum absolute atomic E-state index is 5.85. The van der Waals surface area contributed by atoms with Crippen LogP contribution < -0.4 is 10.5 Å². The number of anilines is 1. The fraction of sp³-hybridized carbons (Fsp3) is 0.364. The zero-order valence-corrected chi connectivity index (χ0v) is 9.03. The third kappa shape index (κ3) is 1.75. The van der Waals surface area contributed by atoms with Crippen LogP contribution in [0, 0.1) is 0 Å². The number of aromatic nitrogens is 2. The molecule has 0 amide bonds. The summed E-state index contributed by atoms with van der Waals surface area (Å²) < 4.78 is 7.34. The molecule has 2 N–H and O–H groups in total.